The minimum absolute atomic E-state index is 0.224. The lowest BCUT2D eigenvalue weighted by Gasteiger charge is -2.15. The van der Waals surface area contributed by atoms with Gasteiger partial charge in [-0.25, -0.2) is 0 Å². The van der Waals surface area contributed by atoms with Gasteiger partial charge in [0.05, 0.1) is 28.6 Å². The molecule has 0 aliphatic heterocycles. The van der Waals surface area contributed by atoms with E-state index in [1.807, 2.05) is 0 Å². The minimum Gasteiger partial charge on any atom is -0.397 e. The number of alkyl halides is 3. The van der Waals surface area contributed by atoms with Crippen molar-refractivity contribution in [3.63, 3.8) is 0 Å². The molecular formula is C15H12F3N3. The Kier molecular flexibility index (Phi) is 3.76. The average molecular weight is 291 g/mol. The van der Waals surface area contributed by atoms with Gasteiger partial charge in [0.15, 0.2) is 0 Å². The van der Waals surface area contributed by atoms with Crippen LogP contribution in [0.15, 0.2) is 36.4 Å². The summed E-state index contributed by atoms with van der Waals surface area (Å²) in [4.78, 5) is 0. The molecule has 0 saturated carbocycles. The number of nitrogens with zero attached hydrogens (tertiary/aromatic N) is 1. The van der Waals surface area contributed by atoms with Crippen LogP contribution in [0.5, 0.6) is 0 Å². The second kappa shape index (κ2) is 5.37. The molecule has 0 radical (unpaired) electrons. The molecule has 0 spiro atoms. The number of para-hydroxylation sites is 1. The Balaban J connectivity index is 2.45. The number of anilines is 3. The zero-order valence-electron chi connectivity index (χ0n) is 11.1. The van der Waals surface area contributed by atoms with Gasteiger partial charge in [0.25, 0.3) is 0 Å². The van der Waals surface area contributed by atoms with E-state index in [1.165, 1.54) is 6.07 Å². The fourth-order valence-electron chi connectivity index (χ4n) is 1.96. The standard InChI is InChI=1S/C15H12F3N3/c1-9-3-2-4-13(20)14(9)21-11-6-5-10(8-19)12(7-11)15(16,17)18/h2-7,21H,20H2,1H3. The zero-order valence-corrected chi connectivity index (χ0v) is 11.1. The van der Waals surface area contributed by atoms with E-state index in [9.17, 15) is 13.2 Å². The van der Waals surface area contributed by atoms with Crippen molar-refractivity contribution in [2.75, 3.05) is 11.1 Å². The van der Waals surface area contributed by atoms with Crippen molar-refractivity contribution in [2.24, 2.45) is 0 Å². The molecule has 3 N–H and O–H groups in total. The summed E-state index contributed by atoms with van der Waals surface area (Å²) in [5.74, 6) is 0. The summed E-state index contributed by atoms with van der Waals surface area (Å²) in [5.41, 5.74) is 6.46. The highest BCUT2D eigenvalue weighted by Gasteiger charge is 2.33. The fraction of sp³-hybridized carbons (Fsp3) is 0.133. The number of hydrogen-bond donors (Lipinski definition) is 2. The number of hydrogen-bond acceptors (Lipinski definition) is 3. The molecule has 2 aromatic carbocycles. The van der Waals surface area contributed by atoms with Gasteiger partial charge >= 0.3 is 6.18 Å². The normalized spacial score (nSPS) is 11.0. The molecule has 2 rings (SSSR count). The molecule has 0 aliphatic carbocycles. The van der Waals surface area contributed by atoms with E-state index >= 15 is 0 Å². The van der Waals surface area contributed by atoms with Crippen molar-refractivity contribution >= 4 is 17.1 Å². The highest BCUT2D eigenvalue weighted by atomic mass is 19.4. The van der Waals surface area contributed by atoms with E-state index in [4.69, 9.17) is 11.0 Å². The second-order valence-electron chi connectivity index (χ2n) is 4.53. The molecule has 0 heterocycles. The van der Waals surface area contributed by atoms with Crippen LogP contribution < -0.4 is 11.1 Å². The molecule has 108 valence electrons. The van der Waals surface area contributed by atoms with Crippen molar-refractivity contribution in [1.82, 2.24) is 0 Å². The molecule has 0 unspecified atom stereocenters. The summed E-state index contributed by atoms with van der Waals surface area (Å²) < 4.78 is 38.7. The van der Waals surface area contributed by atoms with Crippen molar-refractivity contribution in [3.05, 3.63) is 53.1 Å². The van der Waals surface area contributed by atoms with Crippen LogP contribution in [0.2, 0.25) is 0 Å². The van der Waals surface area contributed by atoms with Gasteiger partial charge in [-0.2, -0.15) is 18.4 Å². The first-order valence-electron chi connectivity index (χ1n) is 6.06. The first-order valence-corrected chi connectivity index (χ1v) is 6.06. The highest BCUT2D eigenvalue weighted by Crippen LogP contribution is 2.35. The van der Waals surface area contributed by atoms with Gasteiger partial charge in [-0.3, -0.25) is 0 Å². The molecule has 0 bridgehead atoms. The van der Waals surface area contributed by atoms with Crippen LogP contribution in [-0.2, 0) is 6.18 Å². The van der Waals surface area contributed by atoms with E-state index in [0.29, 0.717) is 11.4 Å². The molecule has 6 heteroatoms. The highest BCUT2D eigenvalue weighted by molar-refractivity contribution is 5.76. The van der Waals surface area contributed by atoms with Gasteiger partial charge in [0, 0.05) is 5.69 Å². The smallest absolute Gasteiger partial charge is 0.397 e. The SMILES string of the molecule is Cc1cccc(N)c1Nc1ccc(C#N)c(C(F)(F)F)c1. The predicted octanol–water partition coefficient (Wildman–Crippen LogP) is 4.21. The van der Waals surface area contributed by atoms with Crippen molar-refractivity contribution < 1.29 is 13.2 Å². The monoisotopic (exact) mass is 291 g/mol. The van der Waals surface area contributed by atoms with Crippen LogP contribution in [0.1, 0.15) is 16.7 Å². The number of benzene rings is 2. The van der Waals surface area contributed by atoms with Gasteiger partial charge < -0.3 is 11.1 Å². The van der Waals surface area contributed by atoms with Crippen LogP contribution in [0.4, 0.5) is 30.2 Å². The fourth-order valence-corrected chi connectivity index (χ4v) is 1.96. The summed E-state index contributed by atoms with van der Waals surface area (Å²) in [6.45, 7) is 1.80. The Hall–Kier alpha value is -2.68. The number of nitrogen functional groups attached to an aromatic ring is 1. The van der Waals surface area contributed by atoms with E-state index in [0.717, 1.165) is 17.7 Å². The number of rotatable bonds is 2. The maximum atomic E-state index is 12.9. The predicted molar refractivity (Wildman–Crippen MR) is 75.0 cm³/mol. The maximum absolute atomic E-state index is 12.9. The summed E-state index contributed by atoms with van der Waals surface area (Å²) in [6, 6.07) is 10.2. The maximum Gasteiger partial charge on any atom is 0.417 e. The van der Waals surface area contributed by atoms with Crippen LogP contribution >= 0.6 is 0 Å². The van der Waals surface area contributed by atoms with Crippen molar-refractivity contribution in [1.29, 1.82) is 5.26 Å². The molecule has 0 aliphatic rings. The third kappa shape index (κ3) is 3.08. The van der Waals surface area contributed by atoms with E-state index in [1.54, 1.807) is 31.2 Å². The second-order valence-corrected chi connectivity index (χ2v) is 4.53. The van der Waals surface area contributed by atoms with Crippen LogP contribution in [-0.4, -0.2) is 0 Å². The summed E-state index contributed by atoms with van der Waals surface area (Å²) in [7, 11) is 0. The number of halogens is 3. The molecule has 0 amide bonds. The van der Waals surface area contributed by atoms with E-state index in [-0.39, 0.29) is 5.69 Å². The Labute approximate surface area is 119 Å². The zero-order chi connectivity index (χ0) is 15.6. The van der Waals surface area contributed by atoms with E-state index < -0.39 is 17.3 Å². The van der Waals surface area contributed by atoms with Gasteiger partial charge in [0.2, 0.25) is 0 Å². The van der Waals surface area contributed by atoms with Gasteiger partial charge in [0.1, 0.15) is 0 Å². The lowest BCUT2D eigenvalue weighted by Crippen LogP contribution is -2.09. The quantitative estimate of drug-likeness (QED) is 0.815. The minimum atomic E-state index is -4.58. The summed E-state index contributed by atoms with van der Waals surface area (Å²) >= 11 is 0. The molecular weight excluding hydrogens is 279 g/mol. The molecule has 0 saturated heterocycles. The Bertz CT molecular complexity index is 695. The van der Waals surface area contributed by atoms with Gasteiger partial charge in [-0.1, -0.05) is 12.1 Å². The van der Waals surface area contributed by atoms with Crippen molar-refractivity contribution in [2.45, 2.75) is 13.1 Å². The first-order chi connectivity index (χ1) is 9.82. The topological polar surface area (TPSA) is 61.8 Å². The van der Waals surface area contributed by atoms with Gasteiger partial charge in [-0.05, 0) is 36.8 Å². The molecule has 21 heavy (non-hydrogen) atoms. The largest absolute Gasteiger partial charge is 0.417 e. The van der Waals surface area contributed by atoms with Crippen molar-refractivity contribution in [3.8, 4) is 6.07 Å². The number of nitrogens with one attached hydrogen (secondary N) is 1. The summed E-state index contributed by atoms with van der Waals surface area (Å²) in [5, 5.41) is 11.6. The van der Waals surface area contributed by atoms with Gasteiger partial charge in [-0.15, -0.1) is 0 Å². The Morgan fingerprint density at radius 2 is 1.90 bits per heavy atom. The molecule has 3 nitrogen and oxygen atoms in total. The number of nitriles is 1. The van der Waals surface area contributed by atoms with E-state index in [2.05, 4.69) is 5.32 Å². The van der Waals surface area contributed by atoms with Crippen LogP contribution in [0.3, 0.4) is 0 Å². The van der Waals surface area contributed by atoms with Crippen LogP contribution in [0, 0.1) is 18.3 Å². The molecule has 2 aromatic rings. The first kappa shape index (κ1) is 14.7. The number of nitrogens with two attached hydrogens (primary N) is 1. The number of aryl methyl sites for hydroxylation is 1. The lowest BCUT2D eigenvalue weighted by atomic mass is 10.1. The molecule has 0 fully saturated rings. The Morgan fingerprint density at radius 1 is 1.19 bits per heavy atom. The lowest BCUT2D eigenvalue weighted by molar-refractivity contribution is -0.137. The van der Waals surface area contributed by atoms with Crippen LogP contribution in [0.25, 0.3) is 0 Å². The third-order valence-electron chi connectivity index (χ3n) is 3.02. The average Bonchev–Trinajstić information content (AvgIpc) is 2.42. The summed E-state index contributed by atoms with van der Waals surface area (Å²) in [6.07, 6.45) is -4.58. The molecule has 0 aromatic heterocycles. The third-order valence-corrected chi connectivity index (χ3v) is 3.02. The molecule has 0 atom stereocenters. The Morgan fingerprint density at radius 3 is 2.48 bits per heavy atom.